The summed E-state index contributed by atoms with van der Waals surface area (Å²) < 4.78 is 6.00. The van der Waals surface area contributed by atoms with Crippen molar-refractivity contribution in [2.45, 2.75) is 18.7 Å². The molecule has 1 rings (SSSR count). The van der Waals surface area contributed by atoms with Crippen molar-refractivity contribution in [3.05, 3.63) is 30.3 Å². The highest BCUT2D eigenvalue weighted by atomic mass is 32.2. The van der Waals surface area contributed by atoms with E-state index in [1.165, 1.54) is 11.8 Å². The predicted octanol–water partition coefficient (Wildman–Crippen LogP) is 3.74. The molecule has 14 heavy (non-hydrogen) atoms. The second kappa shape index (κ2) is 6.04. The van der Waals surface area contributed by atoms with E-state index in [1.54, 1.807) is 0 Å². The molecular weight excluding hydrogens is 212 g/mol. The van der Waals surface area contributed by atoms with Crippen molar-refractivity contribution < 1.29 is 4.74 Å². The fraction of sp³-hybridized carbons (Fsp3) is 0.364. The predicted molar refractivity (Wildman–Crippen MR) is 65.7 cm³/mol. The Labute approximate surface area is 94.9 Å². The van der Waals surface area contributed by atoms with E-state index >= 15 is 0 Å². The van der Waals surface area contributed by atoms with Crippen molar-refractivity contribution >= 4 is 28.4 Å². The SMILES string of the molecule is CC(C)COC(=S)Sc1ccccc1. The molecule has 0 saturated carbocycles. The molecule has 0 aliphatic carbocycles. The highest BCUT2D eigenvalue weighted by Crippen LogP contribution is 2.19. The van der Waals surface area contributed by atoms with Crippen molar-refractivity contribution in [2.75, 3.05) is 6.61 Å². The third-order valence-corrected chi connectivity index (χ3v) is 2.64. The van der Waals surface area contributed by atoms with E-state index in [0.717, 1.165) is 4.90 Å². The van der Waals surface area contributed by atoms with E-state index in [9.17, 15) is 0 Å². The molecule has 1 aromatic carbocycles. The molecule has 3 heteroatoms. The van der Waals surface area contributed by atoms with Crippen LogP contribution in [0.2, 0.25) is 0 Å². The third-order valence-electron chi connectivity index (χ3n) is 1.48. The van der Waals surface area contributed by atoms with E-state index in [0.29, 0.717) is 16.9 Å². The minimum absolute atomic E-state index is 0.518. The molecule has 0 saturated heterocycles. The maximum absolute atomic E-state index is 5.40. The van der Waals surface area contributed by atoms with Gasteiger partial charge in [-0.1, -0.05) is 32.0 Å². The minimum Gasteiger partial charge on any atom is -0.478 e. The first-order chi connectivity index (χ1) is 6.68. The molecule has 0 unspecified atom stereocenters. The Hall–Kier alpha value is -0.540. The van der Waals surface area contributed by atoms with Crippen molar-refractivity contribution in [3.63, 3.8) is 0 Å². The van der Waals surface area contributed by atoms with Gasteiger partial charge in [0.15, 0.2) is 0 Å². The van der Waals surface area contributed by atoms with Crippen LogP contribution in [0, 0.1) is 5.92 Å². The smallest absolute Gasteiger partial charge is 0.224 e. The van der Waals surface area contributed by atoms with Crippen LogP contribution in [0.25, 0.3) is 0 Å². The van der Waals surface area contributed by atoms with Gasteiger partial charge in [-0.3, -0.25) is 0 Å². The molecule has 1 nitrogen and oxygen atoms in total. The summed E-state index contributed by atoms with van der Waals surface area (Å²) in [6, 6.07) is 10.0. The number of thioether (sulfide) groups is 1. The second-order valence-electron chi connectivity index (χ2n) is 3.37. The number of ether oxygens (including phenoxy) is 1. The fourth-order valence-electron chi connectivity index (χ4n) is 0.849. The first-order valence-electron chi connectivity index (χ1n) is 4.58. The number of hydrogen-bond donors (Lipinski definition) is 0. The number of thiocarbonyl (C=S) groups is 1. The molecule has 76 valence electrons. The van der Waals surface area contributed by atoms with Gasteiger partial charge in [0.05, 0.1) is 6.61 Å². The summed E-state index contributed by atoms with van der Waals surface area (Å²) in [7, 11) is 0. The molecule has 0 amide bonds. The first kappa shape index (κ1) is 11.5. The molecule has 1 aromatic rings. The topological polar surface area (TPSA) is 9.23 Å². The lowest BCUT2D eigenvalue weighted by molar-refractivity contribution is 0.273. The Morgan fingerprint density at radius 3 is 2.57 bits per heavy atom. The largest absolute Gasteiger partial charge is 0.478 e. The summed E-state index contributed by atoms with van der Waals surface area (Å²) in [4.78, 5) is 1.13. The zero-order chi connectivity index (χ0) is 10.4. The van der Waals surface area contributed by atoms with Crippen molar-refractivity contribution in [3.8, 4) is 0 Å². The van der Waals surface area contributed by atoms with Gasteiger partial charge in [0.1, 0.15) is 0 Å². The molecule has 0 aliphatic heterocycles. The quantitative estimate of drug-likeness (QED) is 0.574. The summed E-state index contributed by atoms with van der Waals surface area (Å²) in [5.41, 5.74) is 0. The van der Waals surface area contributed by atoms with Gasteiger partial charge in [-0.15, -0.1) is 0 Å². The Kier molecular flexibility index (Phi) is 4.98. The van der Waals surface area contributed by atoms with Gasteiger partial charge in [-0.05, 0) is 42.0 Å². The van der Waals surface area contributed by atoms with Crippen LogP contribution < -0.4 is 0 Å². The van der Waals surface area contributed by atoms with Crippen LogP contribution in [0.4, 0.5) is 0 Å². The highest BCUT2D eigenvalue weighted by molar-refractivity contribution is 8.22. The summed E-state index contributed by atoms with van der Waals surface area (Å²) >= 11 is 6.59. The van der Waals surface area contributed by atoms with E-state index in [1.807, 2.05) is 30.3 Å². The highest BCUT2D eigenvalue weighted by Gasteiger charge is 2.02. The normalized spacial score (nSPS) is 10.2. The van der Waals surface area contributed by atoms with Crippen molar-refractivity contribution in [1.29, 1.82) is 0 Å². The minimum atomic E-state index is 0.518. The van der Waals surface area contributed by atoms with E-state index in [-0.39, 0.29) is 0 Å². The van der Waals surface area contributed by atoms with Gasteiger partial charge >= 0.3 is 0 Å². The molecule has 0 fully saturated rings. The number of rotatable bonds is 3. The standard InChI is InChI=1S/C11H14OS2/c1-9(2)8-12-11(13)14-10-6-4-3-5-7-10/h3-7,9H,8H2,1-2H3. The van der Waals surface area contributed by atoms with Gasteiger partial charge in [0.25, 0.3) is 0 Å². The van der Waals surface area contributed by atoms with Gasteiger partial charge in [-0.2, -0.15) is 0 Å². The van der Waals surface area contributed by atoms with Crippen molar-refractivity contribution in [1.82, 2.24) is 0 Å². The average Bonchev–Trinajstić information content (AvgIpc) is 2.16. The lowest BCUT2D eigenvalue weighted by Gasteiger charge is -2.08. The van der Waals surface area contributed by atoms with Crippen molar-refractivity contribution in [2.24, 2.45) is 5.92 Å². The van der Waals surface area contributed by atoms with Gasteiger partial charge in [0, 0.05) is 4.90 Å². The molecule has 0 bridgehead atoms. The number of benzene rings is 1. The van der Waals surface area contributed by atoms with Crippen LogP contribution >= 0.6 is 24.0 Å². The molecule has 0 atom stereocenters. The monoisotopic (exact) mass is 226 g/mol. The Bertz CT molecular complexity index is 283. The van der Waals surface area contributed by atoms with Crippen LogP contribution in [0.3, 0.4) is 0 Å². The van der Waals surface area contributed by atoms with E-state index in [2.05, 4.69) is 13.8 Å². The Morgan fingerprint density at radius 2 is 2.00 bits per heavy atom. The van der Waals surface area contributed by atoms with Crippen LogP contribution in [0.15, 0.2) is 35.2 Å². The van der Waals surface area contributed by atoms with Crippen LogP contribution in [-0.4, -0.2) is 11.0 Å². The van der Waals surface area contributed by atoms with E-state index in [4.69, 9.17) is 17.0 Å². The first-order valence-corrected chi connectivity index (χ1v) is 5.80. The van der Waals surface area contributed by atoms with Gasteiger partial charge in [0.2, 0.25) is 4.38 Å². The molecule has 0 heterocycles. The maximum atomic E-state index is 5.40. The fourth-order valence-corrected chi connectivity index (χ4v) is 1.82. The molecule has 0 aromatic heterocycles. The van der Waals surface area contributed by atoms with Crippen LogP contribution in [0.1, 0.15) is 13.8 Å². The second-order valence-corrected chi connectivity index (χ2v) is 5.05. The zero-order valence-corrected chi connectivity index (χ0v) is 10.0. The van der Waals surface area contributed by atoms with Gasteiger partial charge in [-0.25, -0.2) is 0 Å². The lowest BCUT2D eigenvalue weighted by Crippen LogP contribution is -2.04. The molecule has 0 aliphatic rings. The maximum Gasteiger partial charge on any atom is 0.224 e. The van der Waals surface area contributed by atoms with Crippen LogP contribution in [-0.2, 0) is 4.74 Å². The Morgan fingerprint density at radius 1 is 1.36 bits per heavy atom. The lowest BCUT2D eigenvalue weighted by atomic mass is 10.2. The third kappa shape index (κ3) is 4.63. The van der Waals surface area contributed by atoms with Crippen LogP contribution in [0.5, 0.6) is 0 Å². The van der Waals surface area contributed by atoms with Gasteiger partial charge < -0.3 is 4.74 Å². The molecule has 0 spiro atoms. The zero-order valence-electron chi connectivity index (χ0n) is 8.40. The molecular formula is C11H14OS2. The van der Waals surface area contributed by atoms with E-state index < -0.39 is 0 Å². The molecule has 0 radical (unpaired) electrons. The number of hydrogen-bond acceptors (Lipinski definition) is 3. The average molecular weight is 226 g/mol. The summed E-state index contributed by atoms with van der Waals surface area (Å²) in [5, 5.41) is 0. The molecule has 0 N–H and O–H groups in total. The summed E-state index contributed by atoms with van der Waals surface area (Å²) in [6.07, 6.45) is 0. The summed E-state index contributed by atoms with van der Waals surface area (Å²) in [5.74, 6) is 0.518. The summed E-state index contributed by atoms with van der Waals surface area (Å²) in [6.45, 7) is 4.91. The Balaban J connectivity index is 2.35.